The van der Waals surface area contributed by atoms with Gasteiger partial charge in [0.05, 0.1) is 18.8 Å². The Balaban J connectivity index is 1.86. The molecule has 0 amide bonds. The molecule has 2 atom stereocenters. The van der Waals surface area contributed by atoms with Crippen LogP contribution in [0, 0.1) is 0 Å². The second-order valence-electron chi connectivity index (χ2n) is 3.78. The smallest absolute Gasteiger partial charge is 0.228 e. The Morgan fingerprint density at radius 3 is 2.71 bits per heavy atom. The summed E-state index contributed by atoms with van der Waals surface area (Å²) in [7, 11) is 0. The lowest BCUT2D eigenvalue weighted by Crippen LogP contribution is -2.55. The maximum absolute atomic E-state index is 5.62. The lowest BCUT2D eigenvalue weighted by Gasteiger charge is -2.44. The Bertz CT molecular complexity index is 310. The van der Waals surface area contributed by atoms with E-state index in [2.05, 4.69) is 19.9 Å². The van der Waals surface area contributed by atoms with Gasteiger partial charge in [0.2, 0.25) is 5.95 Å². The van der Waals surface area contributed by atoms with Crippen LogP contribution in [-0.4, -0.2) is 40.2 Å². The number of morpholine rings is 1. The highest BCUT2D eigenvalue weighted by Crippen LogP contribution is 2.28. The van der Waals surface area contributed by atoms with Gasteiger partial charge in [-0.15, -0.1) is 0 Å². The Morgan fingerprint density at radius 1 is 1.29 bits per heavy atom. The molecule has 0 N–H and O–H groups in total. The highest BCUT2D eigenvalue weighted by Gasteiger charge is 2.35. The molecule has 3 aliphatic heterocycles. The predicted molar refractivity (Wildman–Crippen MR) is 49.9 cm³/mol. The third-order valence-corrected chi connectivity index (χ3v) is 2.92. The van der Waals surface area contributed by atoms with Gasteiger partial charge in [0.1, 0.15) is 12.7 Å². The molecule has 1 aromatic heterocycles. The van der Waals surface area contributed by atoms with Crippen LogP contribution in [0.3, 0.4) is 0 Å². The monoisotopic (exact) mass is 192 g/mol. The Labute approximate surface area is 82.1 Å². The molecule has 0 spiro atoms. The van der Waals surface area contributed by atoms with Crippen molar-refractivity contribution in [1.82, 2.24) is 15.0 Å². The van der Waals surface area contributed by atoms with E-state index < -0.39 is 0 Å². The van der Waals surface area contributed by atoms with Gasteiger partial charge in [-0.05, 0) is 12.8 Å². The fraction of sp³-hybridized carbons (Fsp3) is 0.667. The first-order chi connectivity index (χ1) is 6.93. The van der Waals surface area contributed by atoms with E-state index in [9.17, 15) is 0 Å². The number of piperidine rings is 1. The van der Waals surface area contributed by atoms with Crippen molar-refractivity contribution in [2.24, 2.45) is 0 Å². The first-order valence-corrected chi connectivity index (χ1v) is 4.94. The van der Waals surface area contributed by atoms with Crippen LogP contribution >= 0.6 is 0 Å². The van der Waals surface area contributed by atoms with Crippen LogP contribution in [0.2, 0.25) is 0 Å². The third kappa shape index (κ3) is 1.24. The molecule has 2 bridgehead atoms. The van der Waals surface area contributed by atoms with Crippen molar-refractivity contribution in [2.75, 3.05) is 18.1 Å². The van der Waals surface area contributed by atoms with Gasteiger partial charge in [0.25, 0.3) is 0 Å². The summed E-state index contributed by atoms with van der Waals surface area (Å²) < 4.78 is 5.62. The molecule has 3 saturated heterocycles. The molecule has 0 radical (unpaired) electrons. The van der Waals surface area contributed by atoms with E-state index in [1.807, 2.05) is 0 Å². The van der Waals surface area contributed by atoms with E-state index in [1.165, 1.54) is 12.8 Å². The van der Waals surface area contributed by atoms with Gasteiger partial charge in [0, 0.05) is 6.54 Å². The average molecular weight is 192 g/mol. The van der Waals surface area contributed by atoms with Crippen molar-refractivity contribution < 1.29 is 4.74 Å². The number of nitrogens with zero attached hydrogens (tertiary/aromatic N) is 4. The first-order valence-electron chi connectivity index (χ1n) is 4.94. The largest absolute Gasteiger partial charge is 0.374 e. The Hall–Kier alpha value is -1.23. The van der Waals surface area contributed by atoms with Crippen molar-refractivity contribution in [3.8, 4) is 0 Å². The molecule has 3 fully saturated rings. The lowest BCUT2D eigenvalue weighted by atomic mass is 9.98. The van der Waals surface area contributed by atoms with Crippen molar-refractivity contribution in [3.63, 3.8) is 0 Å². The third-order valence-electron chi connectivity index (χ3n) is 2.92. The van der Waals surface area contributed by atoms with Gasteiger partial charge >= 0.3 is 0 Å². The summed E-state index contributed by atoms with van der Waals surface area (Å²) in [5.41, 5.74) is 0. The number of ether oxygens (including phenoxy) is 1. The topological polar surface area (TPSA) is 51.1 Å². The second kappa shape index (κ2) is 3.16. The van der Waals surface area contributed by atoms with Gasteiger partial charge in [-0.3, -0.25) is 0 Å². The van der Waals surface area contributed by atoms with Gasteiger partial charge in [-0.2, -0.15) is 0 Å². The summed E-state index contributed by atoms with van der Waals surface area (Å²) in [4.78, 5) is 14.4. The minimum Gasteiger partial charge on any atom is -0.374 e. The normalized spacial score (nSPS) is 30.7. The van der Waals surface area contributed by atoms with E-state index >= 15 is 0 Å². The molecule has 5 heteroatoms. The van der Waals surface area contributed by atoms with E-state index in [-0.39, 0.29) is 0 Å². The molecular formula is C9H12N4O. The fourth-order valence-corrected chi connectivity index (χ4v) is 2.18. The Morgan fingerprint density at radius 2 is 2.14 bits per heavy atom. The molecule has 4 heterocycles. The summed E-state index contributed by atoms with van der Waals surface area (Å²) in [6.45, 7) is 1.74. The minimum absolute atomic E-state index is 0.372. The number of fused-ring (bicyclic) bond motifs is 3. The molecule has 1 aromatic rings. The van der Waals surface area contributed by atoms with Crippen LogP contribution in [-0.2, 0) is 4.74 Å². The summed E-state index contributed by atoms with van der Waals surface area (Å²) in [5.74, 6) is 0.790. The summed E-state index contributed by atoms with van der Waals surface area (Å²) >= 11 is 0. The molecule has 0 saturated carbocycles. The van der Waals surface area contributed by atoms with E-state index in [4.69, 9.17) is 4.74 Å². The van der Waals surface area contributed by atoms with Crippen molar-refractivity contribution >= 4 is 5.95 Å². The zero-order valence-corrected chi connectivity index (χ0v) is 7.83. The molecule has 0 aliphatic carbocycles. The highest BCUT2D eigenvalue weighted by molar-refractivity contribution is 5.32. The second-order valence-corrected chi connectivity index (χ2v) is 3.78. The fourth-order valence-electron chi connectivity index (χ4n) is 2.18. The van der Waals surface area contributed by atoms with Crippen LogP contribution in [0.5, 0.6) is 0 Å². The Kier molecular flexibility index (Phi) is 1.83. The number of anilines is 1. The molecule has 0 aromatic carbocycles. The van der Waals surface area contributed by atoms with Crippen molar-refractivity contribution in [1.29, 1.82) is 0 Å². The maximum atomic E-state index is 5.62. The van der Waals surface area contributed by atoms with Crippen LogP contribution in [0.4, 0.5) is 5.95 Å². The summed E-state index contributed by atoms with van der Waals surface area (Å²) in [5, 5.41) is 0. The first kappa shape index (κ1) is 8.11. The van der Waals surface area contributed by atoms with Crippen molar-refractivity contribution in [3.05, 3.63) is 12.7 Å². The van der Waals surface area contributed by atoms with Gasteiger partial charge in [-0.25, -0.2) is 15.0 Å². The van der Waals surface area contributed by atoms with Crippen LogP contribution in [0.15, 0.2) is 12.7 Å². The zero-order chi connectivity index (χ0) is 9.38. The number of hydrogen-bond acceptors (Lipinski definition) is 5. The molecule has 74 valence electrons. The predicted octanol–water partition coefficient (Wildman–Crippen LogP) is 0.239. The standard InChI is InChI=1S/C9H12N4O/c1-2-8-3-13(7(1)4-14-8)9-11-5-10-6-12-9/h5-8H,1-4H2. The number of hydrogen-bond donors (Lipinski definition) is 0. The van der Waals surface area contributed by atoms with E-state index in [1.54, 1.807) is 12.7 Å². The van der Waals surface area contributed by atoms with Gasteiger partial charge in [0.15, 0.2) is 0 Å². The van der Waals surface area contributed by atoms with E-state index in [0.29, 0.717) is 12.1 Å². The van der Waals surface area contributed by atoms with Crippen molar-refractivity contribution in [2.45, 2.75) is 25.0 Å². The minimum atomic E-state index is 0.372. The SMILES string of the molecule is c1ncnc(N2CC3CCC2CO3)n1. The zero-order valence-electron chi connectivity index (χ0n) is 7.83. The van der Waals surface area contributed by atoms with Gasteiger partial charge < -0.3 is 9.64 Å². The molecule has 3 aliphatic rings. The van der Waals surface area contributed by atoms with Crippen LogP contribution < -0.4 is 4.90 Å². The van der Waals surface area contributed by atoms with Crippen LogP contribution in [0.1, 0.15) is 12.8 Å². The van der Waals surface area contributed by atoms with Gasteiger partial charge in [-0.1, -0.05) is 0 Å². The molecule has 4 rings (SSSR count). The van der Waals surface area contributed by atoms with E-state index in [0.717, 1.165) is 19.1 Å². The number of aromatic nitrogens is 3. The highest BCUT2D eigenvalue weighted by atomic mass is 16.5. The van der Waals surface area contributed by atoms with Crippen LogP contribution in [0.25, 0.3) is 0 Å². The summed E-state index contributed by atoms with van der Waals surface area (Å²) in [6, 6.07) is 0.461. The molecule has 5 nitrogen and oxygen atoms in total. The summed E-state index contributed by atoms with van der Waals surface area (Å²) in [6.07, 6.45) is 5.83. The quantitative estimate of drug-likeness (QED) is 0.638. The lowest BCUT2D eigenvalue weighted by molar-refractivity contribution is -0.0232. The molecular weight excluding hydrogens is 180 g/mol. The maximum Gasteiger partial charge on any atom is 0.228 e. The average Bonchev–Trinajstić information content (AvgIpc) is 2.32. The number of rotatable bonds is 1. The molecule has 14 heavy (non-hydrogen) atoms. The molecule has 2 unspecified atom stereocenters.